The highest BCUT2D eigenvalue weighted by Gasteiger charge is 2.45. The maximum Gasteiger partial charge on any atom is 0.461 e. The van der Waals surface area contributed by atoms with E-state index in [0.29, 0.717) is 0 Å². The van der Waals surface area contributed by atoms with E-state index in [2.05, 4.69) is 4.74 Å². The van der Waals surface area contributed by atoms with Crippen molar-refractivity contribution in [3.05, 3.63) is 22.4 Å². The Balaban J connectivity index is 2.66. The summed E-state index contributed by atoms with van der Waals surface area (Å²) in [6, 6.07) is 2.69. The van der Waals surface area contributed by atoms with Gasteiger partial charge in [-0.15, -0.1) is 11.3 Å². The average Bonchev–Trinajstić information content (AvgIpc) is 2.67. The van der Waals surface area contributed by atoms with E-state index in [0.717, 1.165) is 11.3 Å². The molecular weight excluding hydrogens is 249 g/mol. The van der Waals surface area contributed by atoms with Gasteiger partial charge in [0.2, 0.25) is 0 Å². The second-order valence-corrected chi connectivity index (χ2v) is 3.43. The first-order valence-corrected chi connectivity index (χ1v) is 4.61. The molecule has 0 atom stereocenters. The van der Waals surface area contributed by atoms with Crippen LogP contribution in [0, 0.1) is 0 Å². The first kappa shape index (κ1) is 12.4. The van der Waals surface area contributed by atoms with Gasteiger partial charge in [-0.2, -0.15) is 13.2 Å². The smallest absolute Gasteiger partial charge is 0.383 e. The van der Waals surface area contributed by atoms with E-state index in [1.807, 2.05) is 0 Å². The van der Waals surface area contributed by atoms with Crippen LogP contribution in [0.15, 0.2) is 17.5 Å². The molecule has 0 bridgehead atoms. The Hall–Kier alpha value is -1.70. The first-order chi connectivity index (χ1) is 7.32. The lowest BCUT2D eigenvalue weighted by atomic mass is 10.4. The molecule has 0 aliphatic heterocycles. The Morgan fingerprint density at radius 1 is 1.25 bits per heavy atom. The van der Waals surface area contributed by atoms with Gasteiger partial charge in [0, 0.05) is 0 Å². The molecule has 8 heteroatoms. The van der Waals surface area contributed by atoms with Crippen molar-refractivity contribution in [1.82, 2.24) is 0 Å². The van der Waals surface area contributed by atoms with Crippen molar-refractivity contribution in [3.8, 4) is 0 Å². The van der Waals surface area contributed by atoms with Gasteiger partial charge >= 0.3 is 23.9 Å². The van der Waals surface area contributed by atoms with E-state index >= 15 is 0 Å². The standard InChI is InChI=1S/C8H3F3O4S/c9-8(10,11)5(12)7(14)15-6(13)4-2-1-3-16-4/h1-3H. The third kappa shape index (κ3) is 2.89. The second-order valence-electron chi connectivity index (χ2n) is 2.48. The summed E-state index contributed by atoms with van der Waals surface area (Å²) in [6.45, 7) is 0. The molecule has 1 aromatic rings. The van der Waals surface area contributed by atoms with Crippen LogP contribution in [0.3, 0.4) is 0 Å². The van der Waals surface area contributed by atoms with Gasteiger partial charge in [0.15, 0.2) is 0 Å². The van der Waals surface area contributed by atoms with Gasteiger partial charge in [-0.1, -0.05) is 6.07 Å². The molecule has 0 saturated heterocycles. The average molecular weight is 252 g/mol. The van der Waals surface area contributed by atoms with Crippen LogP contribution in [0.2, 0.25) is 0 Å². The Morgan fingerprint density at radius 3 is 2.31 bits per heavy atom. The first-order valence-electron chi connectivity index (χ1n) is 3.73. The van der Waals surface area contributed by atoms with E-state index in [1.165, 1.54) is 17.5 Å². The molecule has 0 saturated carbocycles. The fourth-order valence-electron chi connectivity index (χ4n) is 0.691. The molecule has 1 rings (SSSR count). The number of hydrogen-bond acceptors (Lipinski definition) is 5. The lowest BCUT2D eigenvalue weighted by Crippen LogP contribution is -2.33. The predicted octanol–water partition coefficient (Wildman–Crippen LogP) is 1.56. The molecule has 0 spiro atoms. The van der Waals surface area contributed by atoms with Crippen LogP contribution in [0.25, 0.3) is 0 Å². The molecular formula is C8H3F3O4S. The third-order valence-corrected chi connectivity index (χ3v) is 2.20. The lowest BCUT2D eigenvalue weighted by Gasteiger charge is -2.03. The summed E-state index contributed by atoms with van der Waals surface area (Å²) >= 11 is 0.873. The molecule has 1 aromatic heterocycles. The van der Waals surface area contributed by atoms with Crippen molar-refractivity contribution in [2.45, 2.75) is 6.18 Å². The summed E-state index contributed by atoms with van der Waals surface area (Å²) in [5.74, 6) is -6.22. The number of halogens is 3. The summed E-state index contributed by atoms with van der Waals surface area (Å²) in [5.41, 5.74) is 0. The number of carbonyl (C=O) groups excluding carboxylic acids is 3. The number of thiophene rings is 1. The minimum absolute atomic E-state index is 0.0664. The van der Waals surface area contributed by atoms with Crippen molar-refractivity contribution < 1.29 is 32.3 Å². The lowest BCUT2D eigenvalue weighted by molar-refractivity contribution is -0.181. The van der Waals surface area contributed by atoms with Gasteiger partial charge in [-0.05, 0) is 11.4 Å². The summed E-state index contributed by atoms with van der Waals surface area (Å²) in [7, 11) is 0. The minimum Gasteiger partial charge on any atom is -0.383 e. The number of ether oxygens (including phenoxy) is 1. The molecule has 86 valence electrons. The van der Waals surface area contributed by atoms with Crippen LogP contribution in [0.5, 0.6) is 0 Å². The normalized spacial score (nSPS) is 10.9. The number of ketones is 1. The number of Topliss-reactive ketones (excluding diaryl/α,β-unsaturated/α-hetero) is 1. The SMILES string of the molecule is O=C(OC(=O)c1cccs1)C(=O)C(F)(F)F. The summed E-state index contributed by atoms with van der Waals surface area (Å²) in [4.78, 5) is 31.8. The van der Waals surface area contributed by atoms with E-state index in [-0.39, 0.29) is 4.88 Å². The Bertz CT molecular complexity index is 421. The quantitative estimate of drug-likeness (QED) is 0.455. The van der Waals surface area contributed by atoms with E-state index in [1.54, 1.807) is 0 Å². The molecule has 0 fully saturated rings. The summed E-state index contributed by atoms with van der Waals surface area (Å²) in [6.07, 6.45) is -5.34. The Kier molecular flexibility index (Phi) is 3.43. The largest absolute Gasteiger partial charge is 0.461 e. The summed E-state index contributed by atoms with van der Waals surface area (Å²) < 4.78 is 38.9. The maximum absolute atomic E-state index is 11.7. The molecule has 0 aromatic carbocycles. The minimum atomic E-state index is -5.34. The molecule has 0 N–H and O–H groups in total. The van der Waals surface area contributed by atoms with Crippen LogP contribution in [-0.2, 0) is 14.3 Å². The van der Waals surface area contributed by atoms with Crippen molar-refractivity contribution in [1.29, 1.82) is 0 Å². The molecule has 0 amide bonds. The monoisotopic (exact) mass is 252 g/mol. The fraction of sp³-hybridized carbons (Fsp3) is 0.125. The molecule has 4 nitrogen and oxygen atoms in total. The number of esters is 2. The van der Waals surface area contributed by atoms with Crippen LogP contribution in [-0.4, -0.2) is 23.9 Å². The molecule has 0 aliphatic rings. The van der Waals surface area contributed by atoms with E-state index < -0.39 is 23.9 Å². The topological polar surface area (TPSA) is 60.4 Å². The van der Waals surface area contributed by atoms with Crippen LogP contribution < -0.4 is 0 Å². The molecule has 0 unspecified atom stereocenters. The molecule has 0 aliphatic carbocycles. The molecule has 16 heavy (non-hydrogen) atoms. The van der Waals surface area contributed by atoms with E-state index in [4.69, 9.17) is 0 Å². The second kappa shape index (κ2) is 4.44. The Labute approximate surface area is 90.6 Å². The van der Waals surface area contributed by atoms with Crippen molar-refractivity contribution in [2.24, 2.45) is 0 Å². The van der Waals surface area contributed by atoms with Gasteiger partial charge in [-0.25, -0.2) is 9.59 Å². The van der Waals surface area contributed by atoms with Crippen molar-refractivity contribution in [3.63, 3.8) is 0 Å². The van der Waals surface area contributed by atoms with Crippen molar-refractivity contribution >= 4 is 29.1 Å². The van der Waals surface area contributed by atoms with Crippen LogP contribution in [0.4, 0.5) is 13.2 Å². The molecule has 0 radical (unpaired) electrons. The van der Waals surface area contributed by atoms with Gasteiger partial charge in [0.05, 0.1) is 0 Å². The highest BCUT2D eigenvalue weighted by molar-refractivity contribution is 7.12. The van der Waals surface area contributed by atoms with Crippen LogP contribution in [0.1, 0.15) is 9.67 Å². The zero-order chi connectivity index (χ0) is 12.3. The highest BCUT2D eigenvalue weighted by Crippen LogP contribution is 2.17. The summed E-state index contributed by atoms with van der Waals surface area (Å²) in [5, 5.41) is 1.46. The predicted molar refractivity (Wildman–Crippen MR) is 45.8 cm³/mol. The fourth-order valence-corrected chi connectivity index (χ4v) is 1.29. The van der Waals surface area contributed by atoms with Gasteiger partial charge in [-0.3, -0.25) is 4.79 Å². The van der Waals surface area contributed by atoms with E-state index in [9.17, 15) is 27.6 Å². The van der Waals surface area contributed by atoms with Crippen LogP contribution >= 0.6 is 11.3 Å². The number of carbonyl (C=O) groups is 3. The zero-order valence-corrected chi connectivity index (χ0v) is 8.22. The van der Waals surface area contributed by atoms with Gasteiger partial charge in [0.1, 0.15) is 4.88 Å². The number of alkyl halides is 3. The van der Waals surface area contributed by atoms with Gasteiger partial charge in [0.25, 0.3) is 0 Å². The third-order valence-electron chi connectivity index (χ3n) is 1.35. The Morgan fingerprint density at radius 2 is 1.88 bits per heavy atom. The van der Waals surface area contributed by atoms with Gasteiger partial charge < -0.3 is 4.74 Å². The molecule has 1 heterocycles. The zero-order valence-electron chi connectivity index (χ0n) is 7.41. The van der Waals surface area contributed by atoms with Crippen molar-refractivity contribution in [2.75, 3.05) is 0 Å². The highest BCUT2D eigenvalue weighted by atomic mass is 32.1. The number of rotatable bonds is 2. The number of hydrogen-bond donors (Lipinski definition) is 0. The maximum atomic E-state index is 11.7.